The molecule has 1 aliphatic heterocycles. The number of unbranched alkanes of at least 4 members (excludes halogenated alkanes) is 1. The molecular weight excluding hydrogens is 442 g/mol. The van der Waals surface area contributed by atoms with E-state index in [9.17, 15) is 18.3 Å². The van der Waals surface area contributed by atoms with Crippen LogP contribution in [0.4, 0.5) is 4.79 Å². The van der Waals surface area contributed by atoms with Crippen LogP contribution in [0.25, 0.3) is 0 Å². The zero-order valence-corrected chi connectivity index (χ0v) is 21.1. The number of nitrogens with one attached hydrogen (secondary N) is 1. The molecule has 2 rings (SSSR count). The Kier molecular flexibility index (Phi) is 10.0. The quantitative estimate of drug-likeness (QED) is 0.586. The van der Waals surface area contributed by atoms with Crippen molar-refractivity contribution in [1.82, 2.24) is 14.5 Å². The molecule has 0 bridgehead atoms. The number of carbonyl (C=O) groups excluding carboxylic acids is 1. The first-order valence-electron chi connectivity index (χ1n) is 11.6. The number of likely N-dealkylation sites (N-methyl/N-ethyl adjacent to an activating group) is 1. The van der Waals surface area contributed by atoms with Crippen LogP contribution < -0.4 is 10.1 Å². The molecule has 0 aromatic heterocycles. The number of fused-ring (bicyclic) bond motifs is 1. The number of amides is 2. The molecule has 0 aliphatic carbocycles. The average Bonchev–Trinajstić information content (AvgIpc) is 2.79. The molecule has 0 spiro atoms. The van der Waals surface area contributed by atoms with Crippen molar-refractivity contribution in [3.63, 3.8) is 0 Å². The maximum absolute atomic E-state index is 13.5. The van der Waals surface area contributed by atoms with E-state index in [1.165, 1.54) is 10.4 Å². The highest BCUT2D eigenvalue weighted by Crippen LogP contribution is 2.34. The number of sulfonamides is 1. The van der Waals surface area contributed by atoms with Gasteiger partial charge in [0.25, 0.3) is 0 Å². The SMILES string of the molecule is CCCC#Cc1ccc2c(c1)O[C@H](CN(C)C(=O)NCCC)[C@@H](C)CN([C@H](C)CO)S2(=O)=O. The molecule has 0 radical (unpaired) electrons. The molecule has 2 amide bonds. The van der Waals surface area contributed by atoms with Crippen LogP contribution in [0.5, 0.6) is 5.75 Å². The summed E-state index contributed by atoms with van der Waals surface area (Å²) in [7, 11) is -2.21. The van der Waals surface area contributed by atoms with Gasteiger partial charge in [-0.3, -0.25) is 0 Å². The molecule has 184 valence electrons. The van der Waals surface area contributed by atoms with Crippen LogP contribution in [-0.4, -0.2) is 74.2 Å². The number of aliphatic hydroxyl groups is 1. The summed E-state index contributed by atoms with van der Waals surface area (Å²) in [5, 5.41) is 12.6. The summed E-state index contributed by atoms with van der Waals surface area (Å²) in [6.07, 6.45) is 2.05. The molecule has 1 aromatic carbocycles. The van der Waals surface area contributed by atoms with Crippen molar-refractivity contribution in [2.75, 3.05) is 33.3 Å². The van der Waals surface area contributed by atoms with Gasteiger partial charge in [-0.05, 0) is 38.0 Å². The Morgan fingerprint density at radius 2 is 2.09 bits per heavy atom. The maximum atomic E-state index is 13.5. The van der Waals surface area contributed by atoms with Gasteiger partial charge in [-0.25, -0.2) is 13.2 Å². The molecule has 1 aliphatic rings. The monoisotopic (exact) mass is 479 g/mol. The van der Waals surface area contributed by atoms with Crippen molar-refractivity contribution in [2.45, 2.75) is 64.0 Å². The second kappa shape index (κ2) is 12.3. The molecular formula is C24H37N3O5S. The highest BCUT2D eigenvalue weighted by atomic mass is 32.2. The van der Waals surface area contributed by atoms with Crippen LogP contribution in [0.15, 0.2) is 23.1 Å². The van der Waals surface area contributed by atoms with Crippen LogP contribution in [0.3, 0.4) is 0 Å². The fourth-order valence-electron chi connectivity index (χ4n) is 3.53. The maximum Gasteiger partial charge on any atom is 0.317 e. The Bertz CT molecular complexity index is 970. The minimum atomic E-state index is -3.90. The Morgan fingerprint density at radius 3 is 2.73 bits per heavy atom. The number of rotatable bonds is 7. The number of hydrogen-bond acceptors (Lipinski definition) is 5. The van der Waals surface area contributed by atoms with Gasteiger partial charge in [-0.1, -0.05) is 32.6 Å². The predicted octanol–water partition coefficient (Wildman–Crippen LogP) is 2.66. The van der Waals surface area contributed by atoms with Crippen molar-refractivity contribution < 1.29 is 23.1 Å². The van der Waals surface area contributed by atoms with E-state index in [1.54, 1.807) is 31.0 Å². The van der Waals surface area contributed by atoms with Crippen molar-refractivity contribution in [2.24, 2.45) is 5.92 Å². The normalized spacial score (nSPS) is 20.8. The lowest BCUT2D eigenvalue weighted by Gasteiger charge is -2.37. The molecule has 0 saturated carbocycles. The van der Waals surface area contributed by atoms with Crippen molar-refractivity contribution >= 4 is 16.1 Å². The van der Waals surface area contributed by atoms with Gasteiger partial charge >= 0.3 is 6.03 Å². The first-order chi connectivity index (χ1) is 15.6. The summed E-state index contributed by atoms with van der Waals surface area (Å²) in [5.41, 5.74) is 0.667. The predicted molar refractivity (Wildman–Crippen MR) is 129 cm³/mol. The molecule has 2 N–H and O–H groups in total. The van der Waals surface area contributed by atoms with E-state index in [1.807, 2.05) is 20.8 Å². The van der Waals surface area contributed by atoms with E-state index in [-0.39, 0.29) is 42.3 Å². The number of carbonyl (C=O) groups is 1. The van der Waals surface area contributed by atoms with Crippen LogP contribution >= 0.6 is 0 Å². The van der Waals surface area contributed by atoms with Gasteiger partial charge in [0.05, 0.1) is 13.2 Å². The molecule has 1 heterocycles. The zero-order chi connectivity index (χ0) is 24.6. The Balaban J connectivity index is 2.48. The third-order valence-corrected chi connectivity index (χ3v) is 7.62. The van der Waals surface area contributed by atoms with E-state index in [0.717, 1.165) is 19.3 Å². The second-order valence-electron chi connectivity index (χ2n) is 8.57. The topological polar surface area (TPSA) is 99.2 Å². The van der Waals surface area contributed by atoms with E-state index >= 15 is 0 Å². The largest absolute Gasteiger partial charge is 0.487 e. The molecule has 1 aromatic rings. The van der Waals surface area contributed by atoms with Crippen LogP contribution in [0.2, 0.25) is 0 Å². The Labute approximate surface area is 198 Å². The zero-order valence-electron chi connectivity index (χ0n) is 20.3. The number of nitrogens with zero attached hydrogens (tertiary/aromatic N) is 2. The van der Waals surface area contributed by atoms with Gasteiger partial charge in [0.2, 0.25) is 10.0 Å². The van der Waals surface area contributed by atoms with Gasteiger partial charge in [0.15, 0.2) is 0 Å². The number of hydrogen-bond donors (Lipinski definition) is 2. The van der Waals surface area contributed by atoms with Crippen LogP contribution in [0, 0.1) is 17.8 Å². The number of ether oxygens (including phenoxy) is 1. The molecule has 0 saturated heterocycles. The van der Waals surface area contributed by atoms with E-state index in [2.05, 4.69) is 17.2 Å². The fourth-order valence-corrected chi connectivity index (χ4v) is 5.36. The van der Waals surface area contributed by atoms with Gasteiger partial charge < -0.3 is 20.1 Å². The van der Waals surface area contributed by atoms with Crippen molar-refractivity contribution in [3.8, 4) is 17.6 Å². The summed E-state index contributed by atoms with van der Waals surface area (Å²) in [4.78, 5) is 14.0. The number of urea groups is 1. The summed E-state index contributed by atoms with van der Waals surface area (Å²) in [6, 6.07) is 4.04. The summed E-state index contributed by atoms with van der Waals surface area (Å²) < 4.78 is 34.5. The smallest absolute Gasteiger partial charge is 0.317 e. The highest BCUT2D eigenvalue weighted by Gasteiger charge is 2.38. The lowest BCUT2D eigenvalue weighted by Crippen LogP contribution is -2.51. The van der Waals surface area contributed by atoms with E-state index < -0.39 is 22.2 Å². The third kappa shape index (κ3) is 6.85. The van der Waals surface area contributed by atoms with Crippen LogP contribution in [-0.2, 0) is 10.0 Å². The second-order valence-corrected chi connectivity index (χ2v) is 10.4. The number of aliphatic hydroxyl groups excluding tert-OH is 1. The van der Waals surface area contributed by atoms with E-state index in [0.29, 0.717) is 12.1 Å². The first-order valence-corrected chi connectivity index (χ1v) is 13.0. The standard InChI is InChI=1S/C24H37N3O5S/c1-6-8-9-10-20-11-12-23-21(14-20)32-22(16-26(5)24(29)25-13-7-2)18(3)15-27(19(4)17-28)33(23,30)31/h11-12,14,18-19,22,28H,6-8,13,15-17H2,1-5H3,(H,25,29)/t18-,19+,22+/m0/s1. The van der Waals surface area contributed by atoms with Gasteiger partial charge in [0.1, 0.15) is 16.7 Å². The van der Waals surface area contributed by atoms with Crippen molar-refractivity contribution in [3.05, 3.63) is 23.8 Å². The fraction of sp³-hybridized carbons (Fsp3) is 0.625. The molecule has 0 fully saturated rings. The lowest BCUT2D eigenvalue weighted by atomic mass is 10.0. The Morgan fingerprint density at radius 1 is 1.36 bits per heavy atom. The van der Waals surface area contributed by atoms with E-state index in [4.69, 9.17) is 4.74 Å². The molecule has 8 nitrogen and oxygen atoms in total. The highest BCUT2D eigenvalue weighted by molar-refractivity contribution is 7.89. The first kappa shape index (κ1) is 27.0. The summed E-state index contributed by atoms with van der Waals surface area (Å²) in [6.45, 7) is 8.32. The molecule has 9 heteroatoms. The van der Waals surface area contributed by atoms with Gasteiger partial charge in [0, 0.05) is 44.1 Å². The lowest BCUT2D eigenvalue weighted by molar-refractivity contribution is 0.0812. The molecule has 33 heavy (non-hydrogen) atoms. The van der Waals surface area contributed by atoms with Crippen LogP contribution in [0.1, 0.15) is 52.5 Å². The summed E-state index contributed by atoms with van der Waals surface area (Å²) >= 11 is 0. The van der Waals surface area contributed by atoms with Gasteiger partial charge in [-0.15, -0.1) is 0 Å². The summed E-state index contributed by atoms with van der Waals surface area (Å²) in [5.74, 6) is 6.11. The molecule has 0 unspecified atom stereocenters. The molecule has 3 atom stereocenters. The van der Waals surface area contributed by atoms with Gasteiger partial charge in [-0.2, -0.15) is 4.31 Å². The minimum absolute atomic E-state index is 0.0406. The minimum Gasteiger partial charge on any atom is -0.487 e. The Hall–Kier alpha value is -2.28. The van der Waals surface area contributed by atoms with Crippen molar-refractivity contribution in [1.29, 1.82) is 0 Å². The third-order valence-electron chi connectivity index (χ3n) is 5.60. The number of benzene rings is 1. The average molecular weight is 480 g/mol.